The number of rotatable bonds is 3. The molecule has 1 amide bonds. The van der Waals surface area contributed by atoms with Crippen molar-refractivity contribution < 1.29 is 4.79 Å². The smallest absolute Gasteiger partial charge is 0.222 e. The fraction of sp³-hybridized carbons (Fsp3) is 0.938. The molecule has 0 aromatic carbocycles. The third-order valence-electron chi connectivity index (χ3n) is 5.03. The highest BCUT2D eigenvalue weighted by molar-refractivity contribution is 5.76. The predicted octanol–water partition coefficient (Wildman–Crippen LogP) is 1.84. The van der Waals surface area contributed by atoms with Crippen LogP contribution in [0.25, 0.3) is 0 Å². The lowest BCUT2D eigenvalue weighted by atomic mass is 9.83. The fourth-order valence-electron chi connectivity index (χ4n) is 3.69. The first-order valence-corrected chi connectivity index (χ1v) is 8.30. The number of amides is 1. The number of carbonyl (C=O) groups excluding carboxylic acids is 1. The fourth-order valence-corrected chi connectivity index (χ4v) is 3.69. The Morgan fingerprint density at radius 2 is 1.90 bits per heavy atom. The summed E-state index contributed by atoms with van der Waals surface area (Å²) in [5, 5.41) is 0. The van der Waals surface area contributed by atoms with E-state index < -0.39 is 0 Å². The minimum Gasteiger partial charge on any atom is -0.339 e. The monoisotopic (exact) mass is 281 g/mol. The molecule has 0 aromatic heterocycles. The van der Waals surface area contributed by atoms with Crippen molar-refractivity contribution in [1.29, 1.82) is 0 Å². The van der Waals surface area contributed by atoms with Gasteiger partial charge in [0.25, 0.3) is 0 Å². The van der Waals surface area contributed by atoms with Gasteiger partial charge in [0.1, 0.15) is 0 Å². The van der Waals surface area contributed by atoms with Crippen molar-refractivity contribution >= 4 is 5.91 Å². The first-order valence-electron chi connectivity index (χ1n) is 8.30. The summed E-state index contributed by atoms with van der Waals surface area (Å²) >= 11 is 0. The summed E-state index contributed by atoms with van der Waals surface area (Å²) in [4.78, 5) is 16.9. The second-order valence-electron chi connectivity index (χ2n) is 6.87. The Hall–Kier alpha value is -0.610. The molecule has 1 aliphatic heterocycles. The molecule has 0 bridgehead atoms. The van der Waals surface area contributed by atoms with E-state index in [0.29, 0.717) is 18.0 Å². The van der Waals surface area contributed by atoms with E-state index in [2.05, 4.69) is 23.8 Å². The highest BCUT2D eigenvalue weighted by Crippen LogP contribution is 2.27. The van der Waals surface area contributed by atoms with Crippen LogP contribution in [0.3, 0.4) is 0 Å². The van der Waals surface area contributed by atoms with Crippen molar-refractivity contribution in [3.05, 3.63) is 0 Å². The van der Waals surface area contributed by atoms with Gasteiger partial charge in [-0.05, 0) is 65.0 Å². The summed E-state index contributed by atoms with van der Waals surface area (Å²) in [5.41, 5.74) is 5.94. The first kappa shape index (κ1) is 15.8. The van der Waals surface area contributed by atoms with Gasteiger partial charge in [-0.2, -0.15) is 0 Å². The van der Waals surface area contributed by atoms with E-state index in [-0.39, 0.29) is 0 Å². The zero-order chi connectivity index (χ0) is 14.5. The molecule has 2 N–H and O–H groups in total. The Morgan fingerprint density at radius 1 is 1.20 bits per heavy atom. The number of nitrogens with two attached hydrogens (primary N) is 1. The number of nitrogens with zero attached hydrogens (tertiary/aromatic N) is 2. The van der Waals surface area contributed by atoms with Crippen LogP contribution in [0.1, 0.15) is 51.9 Å². The molecule has 2 rings (SSSR count). The quantitative estimate of drug-likeness (QED) is 0.858. The number of hydrogen-bond donors (Lipinski definition) is 1. The minimum atomic E-state index is 0.356. The van der Waals surface area contributed by atoms with Crippen LogP contribution in [0.15, 0.2) is 0 Å². The molecule has 1 aliphatic carbocycles. The van der Waals surface area contributed by atoms with Crippen LogP contribution in [0, 0.1) is 5.92 Å². The summed E-state index contributed by atoms with van der Waals surface area (Å²) in [6, 6.07) is 0.762. The van der Waals surface area contributed by atoms with Crippen LogP contribution >= 0.6 is 0 Å². The zero-order valence-corrected chi connectivity index (χ0v) is 13.2. The molecule has 4 nitrogen and oxygen atoms in total. The summed E-state index contributed by atoms with van der Waals surface area (Å²) in [6.07, 6.45) is 7.61. The van der Waals surface area contributed by atoms with Crippen molar-refractivity contribution in [2.75, 3.05) is 26.7 Å². The van der Waals surface area contributed by atoms with Gasteiger partial charge in [-0.1, -0.05) is 0 Å². The molecule has 0 aromatic rings. The van der Waals surface area contributed by atoms with Crippen LogP contribution in [-0.4, -0.2) is 54.5 Å². The Morgan fingerprint density at radius 3 is 2.60 bits per heavy atom. The minimum absolute atomic E-state index is 0.356. The van der Waals surface area contributed by atoms with Gasteiger partial charge in [0.05, 0.1) is 0 Å². The molecule has 1 saturated heterocycles. The lowest BCUT2D eigenvalue weighted by Gasteiger charge is -2.30. The highest BCUT2D eigenvalue weighted by Gasteiger charge is 2.25. The number of likely N-dealkylation sites (N-methyl/N-ethyl adjacent to an activating group) is 1. The molecule has 2 fully saturated rings. The van der Waals surface area contributed by atoms with Crippen molar-refractivity contribution in [2.24, 2.45) is 11.7 Å². The molecule has 20 heavy (non-hydrogen) atoms. The third kappa shape index (κ3) is 4.45. The molecule has 1 unspecified atom stereocenters. The molecular formula is C16H31N3O. The van der Waals surface area contributed by atoms with Crippen LogP contribution in [-0.2, 0) is 4.79 Å². The molecule has 1 saturated carbocycles. The van der Waals surface area contributed by atoms with Crippen LogP contribution in [0.2, 0.25) is 0 Å². The standard InChI is InChI=1S/C16H31N3O/c1-13-12-18(2)10-3-11-19(13)16(20)9-6-14-4-7-15(17)8-5-14/h13-15H,3-12,17H2,1-2H3. The second kappa shape index (κ2) is 7.41. The van der Waals surface area contributed by atoms with E-state index in [1.165, 1.54) is 12.8 Å². The van der Waals surface area contributed by atoms with Crippen molar-refractivity contribution in [2.45, 2.75) is 64.0 Å². The van der Waals surface area contributed by atoms with Gasteiger partial charge in [-0.15, -0.1) is 0 Å². The summed E-state index contributed by atoms with van der Waals surface area (Å²) in [5.74, 6) is 1.09. The Labute approximate surface area is 123 Å². The molecule has 2 aliphatic rings. The molecule has 0 radical (unpaired) electrons. The Kier molecular flexibility index (Phi) is 5.85. The van der Waals surface area contributed by atoms with Crippen molar-refractivity contribution in [3.63, 3.8) is 0 Å². The van der Waals surface area contributed by atoms with Gasteiger partial charge in [-0.3, -0.25) is 4.79 Å². The van der Waals surface area contributed by atoms with E-state index in [0.717, 1.165) is 57.7 Å². The Bertz CT molecular complexity index is 313. The summed E-state index contributed by atoms with van der Waals surface area (Å²) in [7, 11) is 2.15. The lowest BCUT2D eigenvalue weighted by molar-refractivity contribution is -0.133. The average Bonchev–Trinajstić information content (AvgIpc) is 2.58. The van der Waals surface area contributed by atoms with E-state index in [4.69, 9.17) is 5.73 Å². The maximum absolute atomic E-state index is 12.5. The summed E-state index contributed by atoms with van der Waals surface area (Å²) < 4.78 is 0. The Balaban J connectivity index is 1.76. The molecule has 1 atom stereocenters. The maximum Gasteiger partial charge on any atom is 0.222 e. The molecule has 0 spiro atoms. The number of carbonyl (C=O) groups is 1. The van der Waals surface area contributed by atoms with Gasteiger partial charge >= 0.3 is 0 Å². The lowest BCUT2D eigenvalue weighted by Crippen LogP contribution is -2.42. The zero-order valence-electron chi connectivity index (χ0n) is 13.2. The second-order valence-corrected chi connectivity index (χ2v) is 6.87. The van der Waals surface area contributed by atoms with Gasteiger partial charge in [0.15, 0.2) is 0 Å². The first-order chi connectivity index (χ1) is 9.56. The van der Waals surface area contributed by atoms with Gasteiger partial charge in [0, 0.05) is 31.6 Å². The molecule has 116 valence electrons. The van der Waals surface area contributed by atoms with Crippen molar-refractivity contribution in [3.8, 4) is 0 Å². The van der Waals surface area contributed by atoms with E-state index in [9.17, 15) is 4.79 Å². The summed E-state index contributed by atoms with van der Waals surface area (Å²) in [6.45, 7) is 5.22. The highest BCUT2D eigenvalue weighted by atomic mass is 16.2. The van der Waals surface area contributed by atoms with Gasteiger partial charge in [0.2, 0.25) is 5.91 Å². The normalized spacial score (nSPS) is 33.0. The third-order valence-corrected chi connectivity index (χ3v) is 5.03. The molecule has 1 heterocycles. The van der Waals surface area contributed by atoms with E-state index in [1.54, 1.807) is 0 Å². The van der Waals surface area contributed by atoms with Crippen LogP contribution in [0.4, 0.5) is 0 Å². The number of hydrogen-bond acceptors (Lipinski definition) is 3. The van der Waals surface area contributed by atoms with E-state index >= 15 is 0 Å². The van der Waals surface area contributed by atoms with Gasteiger partial charge in [-0.25, -0.2) is 0 Å². The largest absolute Gasteiger partial charge is 0.339 e. The van der Waals surface area contributed by atoms with Crippen molar-refractivity contribution in [1.82, 2.24) is 9.80 Å². The SMILES string of the molecule is CC1CN(C)CCCN1C(=O)CCC1CCC(N)CC1. The van der Waals surface area contributed by atoms with E-state index in [1.807, 2.05) is 0 Å². The van der Waals surface area contributed by atoms with Crippen LogP contribution in [0.5, 0.6) is 0 Å². The molecular weight excluding hydrogens is 250 g/mol. The average molecular weight is 281 g/mol. The van der Waals surface area contributed by atoms with Gasteiger partial charge < -0.3 is 15.5 Å². The van der Waals surface area contributed by atoms with Crippen LogP contribution < -0.4 is 5.73 Å². The maximum atomic E-state index is 12.5. The predicted molar refractivity (Wildman–Crippen MR) is 82.5 cm³/mol. The topological polar surface area (TPSA) is 49.6 Å². The molecule has 4 heteroatoms.